The van der Waals surface area contributed by atoms with Crippen LogP contribution in [-0.4, -0.2) is 33.0 Å². The lowest BCUT2D eigenvalue weighted by Gasteiger charge is -2.47. The number of imidazole rings is 1. The van der Waals surface area contributed by atoms with Crippen LogP contribution in [-0.2, 0) is 0 Å². The summed E-state index contributed by atoms with van der Waals surface area (Å²) in [5.41, 5.74) is 9.08. The Bertz CT molecular complexity index is 694. The van der Waals surface area contributed by atoms with Crippen molar-refractivity contribution in [2.75, 3.05) is 18.0 Å². The van der Waals surface area contributed by atoms with Gasteiger partial charge in [0.25, 0.3) is 0 Å². The normalized spacial score (nSPS) is 27.9. The van der Waals surface area contributed by atoms with Crippen LogP contribution in [0.1, 0.15) is 44.6 Å². The van der Waals surface area contributed by atoms with Gasteiger partial charge >= 0.3 is 0 Å². The van der Waals surface area contributed by atoms with Gasteiger partial charge in [0.2, 0.25) is 5.95 Å². The van der Waals surface area contributed by atoms with E-state index in [1.165, 1.54) is 32.1 Å². The number of hydrogen-bond donors (Lipinski definition) is 1. The highest BCUT2D eigenvalue weighted by Gasteiger charge is 2.50. The Morgan fingerprint density at radius 3 is 2.59 bits per heavy atom. The molecular formula is C17H25N5. The van der Waals surface area contributed by atoms with E-state index in [2.05, 4.69) is 33.1 Å². The Labute approximate surface area is 131 Å². The Morgan fingerprint density at radius 2 is 1.91 bits per heavy atom. The number of aromatic nitrogens is 3. The molecule has 4 rings (SSSR count). The fourth-order valence-corrected chi connectivity index (χ4v) is 4.57. The Hall–Kier alpha value is -1.62. The van der Waals surface area contributed by atoms with Gasteiger partial charge in [0.1, 0.15) is 5.65 Å². The van der Waals surface area contributed by atoms with Crippen molar-refractivity contribution >= 4 is 11.6 Å². The molecule has 0 radical (unpaired) electrons. The first-order chi connectivity index (χ1) is 10.5. The van der Waals surface area contributed by atoms with E-state index in [1.807, 2.05) is 18.6 Å². The van der Waals surface area contributed by atoms with Gasteiger partial charge in [-0.25, -0.2) is 9.97 Å². The van der Waals surface area contributed by atoms with E-state index in [-0.39, 0.29) is 5.54 Å². The van der Waals surface area contributed by atoms with Crippen LogP contribution in [0, 0.1) is 12.3 Å². The fourth-order valence-electron chi connectivity index (χ4n) is 4.57. The van der Waals surface area contributed by atoms with Gasteiger partial charge < -0.3 is 10.6 Å². The second kappa shape index (κ2) is 4.69. The monoisotopic (exact) mass is 299 g/mol. The number of fused-ring (bicyclic) bond motifs is 1. The zero-order chi connectivity index (χ0) is 15.4. The van der Waals surface area contributed by atoms with E-state index in [1.54, 1.807) is 0 Å². The number of rotatable bonds is 1. The van der Waals surface area contributed by atoms with E-state index in [0.29, 0.717) is 5.41 Å². The van der Waals surface area contributed by atoms with Crippen LogP contribution in [0.4, 0.5) is 5.95 Å². The maximum atomic E-state index is 6.62. The topological polar surface area (TPSA) is 59.5 Å². The Morgan fingerprint density at radius 1 is 1.14 bits per heavy atom. The summed E-state index contributed by atoms with van der Waals surface area (Å²) < 4.78 is 2.11. The van der Waals surface area contributed by atoms with Crippen molar-refractivity contribution in [3.8, 4) is 0 Å². The third-order valence-corrected chi connectivity index (χ3v) is 6.15. The molecule has 2 aromatic rings. The third-order valence-electron chi connectivity index (χ3n) is 6.15. The van der Waals surface area contributed by atoms with Crippen LogP contribution < -0.4 is 10.6 Å². The van der Waals surface area contributed by atoms with Crippen LogP contribution in [0.2, 0.25) is 0 Å². The molecule has 2 N–H and O–H groups in total. The molecule has 1 saturated carbocycles. The summed E-state index contributed by atoms with van der Waals surface area (Å²) in [7, 11) is 0. The highest BCUT2D eigenvalue weighted by molar-refractivity contribution is 5.52. The second-order valence-corrected chi connectivity index (χ2v) is 7.40. The predicted molar refractivity (Wildman–Crippen MR) is 88.0 cm³/mol. The molecule has 2 fully saturated rings. The molecule has 3 heterocycles. The van der Waals surface area contributed by atoms with E-state index in [4.69, 9.17) is 5.73 Å². The zero-order valence-electron chi connectivity index (χ0n) is 13.5. The molecule has 1 atom stereocenters. The first kappa shape index (κ1) is 14.0. The standard InChI is InChI=1S/C17H25N5/c1-13-12-20-15(22-11-8-19-14(13)22)21-9-6-17(7-10-21)5-3-4-16(17,2)18/h8,11-12H,3-7,9-10,18H2,1-2H3. The number of aryl methyl sites for hydroxylation is 1. The molecule has 1 saturated heterocycles. The average molecular weight is 299 g/mol. The molecule has 5 heteroatoms. The van der Waals surface area contributed by atoms with Gasteiger partial charge in [-0.05, 0) is 44.9 Å². The Kier molecular flexibility index (Phi) is 2.98. The summed E-state index contributed by atoms with van der Waals surface area (Å²) in [4.78, 5) is 11.5. The van der Waals surface area contributed by atoms with Crippen LogP contribution in [0.25, 0.3) is 5.65 Å². The van der Waals surface area contributed by atoms with Gasteiger partial charge in [0.15, 0.2) is 0 Å². The minimum absolute atomic E-state index is 0.00409. The van der Waals surface area contributed by atoms with Crippen molar-refractivity contribution in [1.29, 1.82) is 0 Å². The highest BCUT2D eigenvalue weighted by atomic mass is 15.3. The van der Waals surface area contributed by atoms with Crippen molar-refractivity contribution in [3.05, 3.63) is 24.2 Å². The molecule has 0 amide bonds. The predicted octanol–water partition coefficient (Wildman–Crippen LogP) is 2.53. The van der Waals surface area contributed by atoms with Crippen molar-refractivity contribution in [2.45, 2.75) is 51.5 Å². The van der Waals surface area contributed by atoms with Gasteiger partial charge in [-0.2, -0.15) is 0 Å². The summed E-state index contributed by atoms with van der Waals surface area (Å²) in [5.74, 6) is 1.02. The molecule has 1 aliphatic heterocycles. The molecule has 1 aliphatic carbocycles. The summed E-state index contributed by atoms with van der Waals surface area (Å²) in [6.07, 6.45) is 11.9. The van der Waals surface area contributed by atoms with Gasteiger partial charge in [-0.1, -0.05) is 6.42 Å². The molecule has 22 heavy (non-hydrogen) atoms. The summed E-state index contributed by atoms with van der Waals surface area (Å²) in [6, 6.07) is 0. The Balaban J connectivity index is 1.61. The number of hydrogen-bond acceptors (Lipinski definition) is 4. The molecular weight excluding hydrogens is 274 g/mol. The third kappa shape index (κ3) is 1.88. The second-order valence-electron chi connectivity index (χ2n) is 7.40. The summed E-state index contributed by atoms with van der Waals surface area (Å²) in [5, 5.41) is 0. The van der Waals surface area contributed by atoms with Crippen molar-refractivity contribution in [2.24, 2.45) is 11.1 Å². The quantitative estimate of drug-likeness (QED) is 0.879. The number of nitrogens with zero attached hydrogens (tertiary/aromatic N) is 4. The van der Waals surface area contributed by atoms with Crippen molar-refractivity contribution in [3.63, 3.8) is 0 Å². The molecule has 2 aromatic heterocycles. The number of anilines is 1. The molecule has 1 spiro atoms. The van der Waals surface area contributed by atoms with Gasteiger partial charge in [-0.15, -0.1) is 0 Å². The summed E-state index contributed by atoms with van der Waals surface area (Å²) >= 11 is 0. The first-order valence-corrected chi connectivity index (χ1v) is 8.35. The lowest BCUT2D eigenvalue weighted by atomic mass is 9.67. The number of piperidine rings is 1. The minimum atomic E-state index is 0.00409. The van der Waals surface area contributed by atoms with Crippen molar-refractivity contribution in [1.82, 2.24) is 14.4 Å². The molecule has 0 bridgehead atoms. The van der Waals surface area contributed by atoms with Crippen LogP contribution in [0.5, 0.6) is 0 Å². The van der Waals surface area contributed by atoms with Crippen molar-refractivity contribution < 1.29 is 0 Å². The zero-order valence-corrected chi connectivity index (χ0v) is 13.5. The van der Waals surface area contributed by atoms with E-state index < -0.39 is 0 Å². The number of nitrogens with two attached hydrogens (primary N) is 1. The summed E-state index contributed by atoms with van der Waals surface area (Å²) in [6.45, 7) is 6.39. The van der Waals surface area contributed by atoms with E-state index in [0.717, 1.165) is 30.2 Å². The fraction of sp³-hybridized carbons (Fsp3) is 0.647. The van der Waals surface area contributed by atoms with Crippen LogP contribution >= 0.6 is 0 Å². The smallest absolute Gasteiger partial charge is 0.211 e. The maximum absolute atomic E-state index is 6.62. The van der Waals surface area contributed by atoms with E-state index >= 15 is 0 Å². The maximum Gasteiger partial charge on any atom is 0.211 e. The molecule has 0 aromatic carbocycles. The molecule has 2 aliphatic rings. The lowest BCUT2D eigenvalue weighted by molar-refractivity contribution is 0.130. The van der Waals surface area contributed by atoms with Crippen LogP contribution in [0.3, 0.4) is 0 Å². The largest absolute Gasteiger partial charge is 0.342 e. The molecule has 1 unspecified atom stereocenters. The van der Waals surface area contributed by atoms with Crippen LogP contribution in [0.15, 0.2) is 18.6 Å². The first-order valence-electron chi connectivity index (χ1n) is 8.35. The lowest BCUT2D eigenvalue weighted by Crippen LogP contribution is -2.54. The molecule has 5 nitrogen and oxygen atoms in total. The SMILES string of the molecule is Cc1cnc(N2CCC3(CCCC3(C)N)CC2)n2ccnc12. The minimum Gasteiger partial charge on any atom is -0.342 e. The molecule has 118 valence electrons. The van der Waals surface area contributed by atoms with Gasteiger partial charge in [0.05, 0.1) is 0 Å². The van der Waals surface area contributed by atoms with Gasteiger partial charge in [0, 0.05) is 42.8 Å². The average Bonchev–Trinajstić information content (AvgIpc) is 3.08. The highest BCUT2D eigenvalue weighted by Crippen LogP contribution is 2.51. The van der Waals surface area contributed by atoms with E-state index in [9.17, 15) is 0 Å². The van der Waals surface area contributed by atoms with Gasteiger partial charge in [-0.3, -0.25) is 4.40 Å².